The monoisotopic (exact) mass is 386 g/mol. The highest BCUT2D eigenvalue weighted by Crippen LogP contribution is 2.23. The normalized spacial score (nSPS) is 12.2. The Hall–Kier alpha value is -3.28. The molecule has 0 amide bonds. The Balaban J connectivity index is 2.78. The summed E-state index contributed by atoms with van der Waals surface area (Å²) < 4.78 is 21.6. The van der Waals surface area contributed by atoms with Crippen LogP contribution in [0.1, 0.15) is 41.5 Å². The molecule has 0 aliphatic rings. The number of hydrogen-bond donors (Lipinski definition) is 0. The molecule has 28 heavy (non-hydrogen) atoms. The number of carbonyl (C=O) groups is 2. The Morgan fingerprint density at radius 3 is 1.14 bits per heavy atom. The predicted octanol–water partition coefficient (Wildman–Crippen LogP) is 5.19. The fraction of sp³-hybridized carbons (Fsp3) is 0.273. The molecule has 0 unspecified atom stereocenters. The summed E-state index contributed by atoms with van der Waals surface area (Å²) in [6, 6.07) is 6.81. The maximum Gasteiger partial charge on any atom is 0.338 e. The van der Waals surface area contributed by atoms with Gasteiger partial charge in [0.2, 0.25) is 0 Å². The van der Waals surface area contributed by atoms with Crippen LogP contribution in [0.2, 0.25) is 0 Å². The molecule has 0 fully saturated rings. The molecular formula is C22H26O6. The number of carbonyl (C=O) groups excluding carboxylic acids is 2. The summed E-state index contributed by atoms with van der Waals surface area (Å²) in [7, 11) is 0. The van der Waals surface area contributed by atoms with E-state index in [1.165, 1.54) is 0 Å². The first-order valence-electron chi connectivity index (χ1n) is 8.57. The highest BCUT2D eigenvalue weighted by Gasteiger charge is 2.10. The summed E-state index contributed by atoms with van der Waals surface area (Å²) in [6.45, 7) is 16.9. The lowest BCUT2D eigenvalue weighted by molar-refractivity contribution is -0.136. The van der Waals surface area contributed by atoms with Crippen LogP contribution in [0, 0.1) is 0 Å². The Kier molecular flexibility index (Phi) is 8.26. The van der Waals surface area contributed by atoms with Crippen molar-refractivity contribution in [3.8, 4) is 11.5 Å². The predicted molar refractivity (Wildman–Crippen MR) is 106 cm³/mol. The number of rotatable bonds is 8. The quantitative estimate of drug-likeness (QED) is 0.348. The van der Waals surface area contributed by atoms with E-state index in [2.05, 4.69) is 13.2 Å². The molecule has 0 aromatic heterocycles. The minimum Gasteiger partial charge on any atom is -0.459 e. The molecule has 0 spiro atoms. The van der Waals surface area contributed by atoms with E-state index in [-0.39, 0.29) is 0 Å². The molecule has 6 nitrogen and oxygen atoms in total. The smallest absolute Gasteiger partial charge is 0.338 e. The standard InChI is InChI=1S/C22H26O6/c1-13(2)21(23)27-17(7)15(5)25-19-9-11-20(12-10-19)26-16(6)18(8)28-22(24)14(3)4/h9-12H,1,3H2,2,4-8H3/b17-15+,18-16+. The SMILES string of the molecule is C=C(C)C(=O)O/C(C)=C(\C)Oc1ccc(O/C(C)=C(\C)OC(=O)C(=C)C)cc1. The minimum absolute atomic E-state index is 0.307. The molecule has 0 heterocycles. The van der Waals surface area contributed by atoms with Gasteiger partial charge in [0.25, 0.3) is 0 Å². The molecule has 0 bridgehead atoms. The largest absolute Gasteiger partial charge is 0.459 e. The van der Waals surface area contributed by atoms with Crippen LogP contribution in [0.3, 0.4) is 0 Å². The maximum atomic E-state index is 11.5. The van der Waals surface area contributed by atoms with Crippen LogP contribution in [0.15, 0.2) is 71.6 Å². The number of ether oxygens (including phenoxy) is 4. The number of esters is 2. The van der Waals surface area contributed by atoms with E-state index >= 15 is 0 Å². The second kappa shape index (κ2) is 10.2. The van der Waals surface area contributed by atoms with Gasteiger partial charge < -0.3 is 18.9 Å². The van der Waals surface area contributed by atoms with E-state index in [0.29, 0.717) is 45.7 Å². The van der Waals surface area contributed by atoms with Gasteiger partial charge in [-0.15, -0.1) is 0 Å². The maximum absolute atomic E-state index is 11.5. The first kappa shape index (κ1) is 22.8. The average Bonchev–Trinajstić information content (AvgIpc) is 2.62. The van der Waals surface area contributed by atoms with E-state index in [9.17, 15) is 9.59 Å². The third-order valence-corrected chi connectivity index (χ3v) is 3.55. The lowest BCUT2D eigenvalue weighted by Crippen LogP contribution is -2.07. The van der Waals surface area contributed by atoms with E-state index in [0.717, 1.165) is 0 Å². The summed E-state index contributed by atoms with van der Waals surface area (Å²) in [5, 5.41) is 0. The summed E-state index contributed by atoms with van der Waals surface area (Å²) in [6.07, 6.45) is 0. The van der Waals surface area contributed by atoms with Crippen molar-refractivity contribution in [2.24, 2.45) is 0 Å². The highest BCUT2D eigenvalue weighted by molar-refractivity contribution is 5.88. The van der Waals surface area contributed by atoms with Gasteiger partial charge in [-0.1, -0.05) is 13.2 Å². The fourth-order valence-electron chi connectivity index (χ4n) is 1.67. The zero-order valence-corrected chi connectivity index (χ0v) is 17.2. The average molecular weight is 386 g/mol. The molecule has 150 valence electrons. The third-order valence-electron chi connectivity index (χ3n) is 3.55. The molecule has 1 aromatic carbocycles. The summed E-state index contributed by atoms with van der Waals surface area (Å²) in [5.41, 5.74) is 0.614. The van der Waals surface area contributed by atoms with Crippen LogP contribution in [0.4, 0.5) is 0 Å². The van der Waals surface area contributed by atoms with Crippen LogP contribution in [0.25, 0.3) is 0 Å². The second-order valence-electron chi connectivity index (χ2n) is 6.24. The Morgan fingerprint density at radius 2 is 0.893 bits per heavy atom. The van der Waals surface area contributed by atoms with Gasteiger partial charge in [-0.05, 0) is 65.8 Å². The fourth-order valence-corrected chi connectivity index (χ4v) is 1.67. The molecule has 1 aromatic rings. The summed E-state index contributed by atoms with van der Waals surface area (Å²) in [5.74, 6) is 1.67. The van der Waals surface area contributed by atoms with Crippen molar-refractivity contribution >= 4 is 11.9 Å². The third kappa shape index (κ3) is 7.15. The van der Waals surface area contributed by atoms with Gasteiger partial charge in [-0.2, -0.15) is 0 Å². The van der Waals surface area contributed by atoms with Crippen molar-refractivity contribution in [1.29, 1.82) is 0 Å². The van der Waals surface area contributed by atoms with Crippen LogP contribution in [-0.4, -0.2) is 11.9 Å². The van der Waals surface area contributed by atoms with E-state index < -0.39 is 11.9 Å². The van der Waals surface area contributed by atoms with E-state index in [1.54, 1.807) is 65.8 Å². The zero-order chi connectivity index (χ0) is 21.4. The molecule has 6 heteroatoms. The van der Waals surface area contributed by atoms with Crippen LogP contribution in [0.5, 0.6) is 11.5 Å². The Bertz CT molecular complexity index is 769. The van der Waals surface area contributed by atoms with Crippen molar-refractivity contribution in [3.05, 3.63) is 71.6 Å². The number of benzene rings is 1. The Morgan fingerprint density at radius 1 is 0.607 bits per heavy atom. The Labute approximate surface area is 165 Å². The van der Waals surface area contributed by atoms with Gasteiger partial charge in [0.15, 0.2) is 0 Å². The van der Waals surface area contributed by atoms with Crippen molar-refractivity contribution in [1.82, 2.24) is 0 Å². The van der Waals surface area contributed by atoms with Crippen LogP contribution >= 0.6 is 0 Å². The van der Waals surface area contributed by atoms with E-state index in [4.69, 9.17) is 18.9 Å². The molecule has 0 aliphatic heterocycles. The zero-order valence-electron chi connectivity index (χ0n) is 17.2. The topological polar surface area (TPSA) is 71.1 Å². The molecular weight excluding hydrogens is 360 g/mol. The molecule has 0 saturated carbocycles. The van der Waals surface area contributed by atoms with Gasteiger partial charge in [-0.3, -0.25) is 0 Å². The van der Waals surface area contributed by atoms with Crippen molar-refractivity contribution in [2.45, 2.75) is 41.5 Å². The van der Waals surface area contributed by atoms with Gasteiger partial charge in [-0.25, -0.2) is 9.59 Å². The molecule has 0 radical (unpaired) electrons. The van der Waals surface area contributed by atoms with E-state index in [1.807, 2.05) is 0 Å². The van der Waals surface area contributed by atoms with Crippen molar-refractivity contribution in [3.63, 3.8) is 0 Å². The van der Waals surface area contributed by atoms with Gasteiger partial charge in [0.1, 0.15) is 34.5 Å². The molecule has 1 rings (SSSR count). The van der Waals surface area contributed by atoms with Gasteiger partial charge >= 0.3 is 11.9 Å². The molecule has 0 saturated heterocycles. The lowest BCUT2D eigenvalue weighted by Gasteiger charge is -2.12. The van der Waals surface area contributed by atoms with Gasteiger partial charge in [0.05, 0.1) is 0 Å². The molecule has 0 atom stereocenters. The van der Waals surface area contributed by atoms with Crippen molar-refractivity contribution < 1.29 is 28.5 Å². The van der Waals surface area contributed by atoms with Crippen molar-refractivity contribution in [2.75, 3.05) is 0 Å². The minimum atomic E-state index is -0.505. The lowest BCUT2D eigenvalue weighted by atomic mass is 10.3. The summed E-state index contributed by atoms with van der Waals surface area (Å²) in [4.78, 5) is 23.1. The first-order valence-corrected chi connectivity index (χ1v) is 8.57. The second-order valence-corrected chi connectivity index (χ2v) is 6.24. The highest BCUT2D eigenvalue weighted by atomic mass is 16.6. The summed E-state index contributed by atoms with van der Waals surface area (Å²) >= 11 is 0. The number of allylic oxidation sites excluding steroid dienone is 4. The molecule has 0 aliphatic carbocycles. The first-order chi connectivity index (χ1) is 13.0. The van der Waals surface area contributed by atoms with Crippen LogP contribution in [-0.2, 0) is 19.1 Å². The molecule has 0 N–H and O–H groups in total. The van der Waals surface area contributed by atoms with Gasteiger partial charge in [0, 0.05) is 11.1 Å². The number of hydrogen-bond acceptors (Lipinski definition) is 6. The van der Waals surface area contributed by atoms with Crippen LogP contribution < -0.4 is 9.47 Å².